The van der Waals surface area contributed by atoms with Crippen molar-refractivity contribution in [2.45, 2.75) is 19.9 Å². The highest BCUT2D eigenvalue weighted by atomic mass is 14.7. The molecule has 1 aliphatic carbocycles. The van der Waals surface area contributed by atoms with E-state index >= 15 is 0 Å². The molecule has 1 nitrogen and oxygen atoms in total. The van der Waals surface area contributed by atoms with Crippen LogP contribution in [0.4, 0.5) is 0 Å². The van der Waals surface area contributed by atoms with Crippen molar-refractivity contribution in [1.29, 1.82) is 0 Å². The van der Waals surface area contributed by atoms with E-state index in [2.05, 4.69) is 24.6 Å². The Bertz CT molecular complexity index is 225. The molecule has 0 bridgehead atoms. The Kier molecular flexibility index (Phi) is 2.24. The molecule has 0 spiro atoms. The predicted octanol–water partition coefficient (Wildman–Crippen LogP) is 2.12. The van der Waals surface area contributed by atoms with Crippen LogP contribution < -0.4 is 0 Å². The van der Waals surface area contributed by atoms with Crippen LogP contribution in [0.1, 0.15) is 13.8 Å². The van der Waals surface area contributed by atoms with Crippen molar-refractivity contribution in [1.82, 2.24) is 0 Å². The molecular formula is C9H11N. The zero-order valence-electron chi connectivity index (χ0n) is 6.33. The number of rotatable bonds is 2. The summed E-state index contributed by atoms with van der Waals surface area (Å²) < 4.78 is 0. The molecule has 0 aromatic carbocycles. The Morgan fingerprint density at radius 2 is 2.40 bits per heavy atom. The van der Waals surface area contributed by atoms with Gasteiger partial charge in [0.15, 0.2) is 0 Å². The van der Waals surface area contributed by atoms with Gasteiger partial charge in [0.1, 0.15) is 0 Å². The number of allylic oxidation sites excluding steroid dienone is 3. The average molecular weight is 133 g/mol. The minimum absolute atomic E-state index is 0.378. The Morgan fingerprint density at radius 1 is 1.60 bits per heavy atom. The van der Waals surface area contributed by atoms with Gasteiger partial charge < -0.3 is 0 Å². The van der Waals surface area contributed by atoms with Crippen LogP contribution in [0.3, 0.4) is 0 Å². The predicted molar refractivity (Wildman–Crippen MR) is 44.4 cm³/mol. The lowest BCUT2D eigenvalue weighted by molar-refractivity contribution is 0.841. The Morgan fingerprint density at radius 3 is 2.90 bits per heavy atom. The van der Waals surface area contributed by atoms with Gasteiger partial charge in [-0.05, 0) is 26.0 Å². The number of nitrogens with zero attached hydrogens (tertiary/aromatic N) is 1. The summed E-state index contributed by atoms with van der Waals surface area (Å²) in [5, 5.41) is 0. The van der Waals surface area contributed by atoms with Gasteiger partial charge in [-0.15, -0.1) is 5.73 Å². The molecule has 1 rings (SSSR count). The van der Waals surface area contributed by atoms with Crippen molar-refractivity contribution in [3.8, 4) is 0 Å². The lowest BCUT2D eigenvalue weighted by Crippen LogP contribution is -1.88. The first-order valence-electron chi connectivity index (χ1n) is 3.45. The van der Waals surface area contributed by atoms with E-state index in [1.165, 1.54) is 0 Å². The molecule has 1 aliphatic rings. The third kappa shape index (κ3) is 2.04. The standard InChI is InChI=1S/C9H11N/c1-8(2)10-7-9-5-3-4-6-9/h3-5,7-8H,1-2H3. The zero-order valence-corrected chi connectivity index (χ0v) is 6.33. The molecule has 0 saturated carbocycles. The number of hydrogen-bond donors (Lipinski definition) is 0. The summed E-state index contributed by atoms with van der Waals surface area (Å²) in [4.78, 5) is 4.21. The summed E-state index contributed by atoms with van der Waals surface area (Å²) in [6.45, 7) is 4.11. The third-order valence-corrected chi connectivity index (χ3v) is 1.13. The van der Waals surface area contributed by atoms with Gasteiger partial charge in [-0.2, -0.15) is 0 Å². The van der Waals surface area contributed by atoms with E-state index < -0.39 is 0 Å². The zero-order chi connectivity index (χ0) is 7.40. The van der Waals surface area contributed by atoms with Gasteiger partial charge in [-0.1, -0.05) is 6.08 Å². The van der Waals surface area contributed by atoms with Crippen molar-refractivity contribution < 1.29 is 0 Å². The molecule has 0 fully saturated rings. The minimum Gasteiger partial charge on any atom is -0.289 e. The molecule has 1 heteroatoms. The maximum atomic E-state index is 4.21. The van der Waals surface area contributed by atoms with Crippen LogP contribution in [0, 0.1) is 0 Å². The molecular weight excluding hydrogens is 122 g/mol. The summed E-state index contributed by atoms with van der Waals surface area (Å²) in [5.74, 6) is 0. The van der Waals surface area contributed by atoms with Crippen molar-refractivity contribution in [3.63, 3.8) is 0 Å². The quantitative estimate of drug-likeness (QED) is 0.404. The van der Waals surface area contributed by atoms with Gasteiger partial charge in [0, 0.05) is 17.8 Å². The molecule has 0 aliphatic heterocycles. The second-order valence-electron chi connectivity index (χ2n) is 2.50. The van der Waals surface area contributed by atoms with Crippen LogP contribution in [0.25, 0.3) is 0 Å². The number of hydrogen-bond acceptors (Lipinski definition) is 1. The molecule has 0 heterocycles. The van der Waals surface area contributed by atoms with Gasteiger partial charge in [0.2, 0.25) is 0 Å². The fourth-order valence-corrected chi connectivity index (χ4v) is 0.654. The highest BCUT2D eigenvalue weighted by Crippen LogP contribution is 1.98. The van der Waals surface area contributed by atoms with Gasteiger partial charge in [0.05, 0.1) is 0 Å². The van der Waals surface area contributed by atoms with Gasteiger partial charge in [-0.25, -0.2) is 0 Å². The monoisotopic (exact) mass is 133 g/mol. The highest BCUT2D eigenvalue weighted by Gasteiger charge is 1.88. The van der Waals surface area contributed by atoms with Gasteiger partial charge >= 0.3 is 0 Å². The van der Waals surface area contributed by atoms with Crippen LogP contribution in [-0.4, -0.2) is 12.3 Å². The normalized spacial score (nSPS) is 15.7. The Hall–Kier alpha value is -1.07. The molecule has 0 radical (unpaired) electrons. The molecule has 52 valence electrons. The van der Waals surface area contributed by atoms with Crippen molar-refractivity contribution in [2.75, 3.05) is 0 Å². The van der Waals surface area contributed by atoms with Gasteiger partial charge in [0.25, 0.3) is 0 Å². The Balaban J connectivity index is 2.54. The lowest BCUT2D eigenvalue weighted by Gasteiger charge is -1.91. The van der Waals surface area contributed by atoms with Crippen LogP contribution in [0.5, 0.6) is 0 Å². The fourth-order valence-electron chi connectivity index (χ4n) is 0.654. The third-order valence-electron chi connectivity index (χ3n) is 1.13. The van der Waals surface area contributed by atoms with E-state index in [9.17, 15) is 0 Å². The van der Waals surface area contributed by atoms with Crippen LogP contribution in [0.15, 0.2) is 34.5 Å². The minimum atomic E-state index is 0.378. The Labute approximate surface area is 61.5 Å². The van der Waals surface area contributed by atoms with E-state index in [4.69, 9.17) is 0 Å². The van der Waals surface area contributed by atoms with Crippen LogP contribution in [-0.2, 0) is 0 Å². The molecule has 0 atom stereocenters. The summed E-state index contributed by atoms with van der Waals surface area (Å²) in [5.41, 5.74) is 4.11. The van der Waals surface area contributed by atoms with Crippen molar-refractivity contribution >= 4 is 6.21 Å². The lowest BCUT2D eigenvalue weighted by atomic mass is 10.3. The first kappa shape index (κ1) is 7.04. The van der Waals surface area contributed by atoms with E-state index in [-0.39, 0.29) is 0 Å². The van der Waals surface area contributed by atoms with Crippen molar-refractivity contribution in [3.05, 3.63) is 29.5 Å². The van der Waals surface area contributed by atoms with Crippen LogP contribution in [0.2, 0.25) is 0 Å². The molecule has 10 heavy (non-hydrogen) atoms. The first-order valence-corrected chi connectivity index (χ1v) is 3.45. The van der Waals surface area contributed by atoms with Crippen LogP contribution >= 0.6 is 0 Å². The molecule has 0 aromatic heterocycles. The average Bonchev–Trinajstić information content (AvgIpc) is 2.34. The largest absolute Gasteiger partial charge is 0.289 e. The highest BCUT2D eigenvalue weighted by molar-refractivity contribution is 5.83. The number of aliphatic imine (C=N–C) groups is 1. The smallest absolute Gasteiger partial charge is 0.0443 e. The molecule has 0 amide bonds. The second kappa shape index (κ2) is 3.19. The maximum Gasteiger partial charge on any atom is 0.0443 e. The van der Waals surface area contributed by atoms with E-state index in [1.807, 2.05) is 24.4 Å². The molecule has 0 saturated heterocycles. The first-order chi connectivity index (χ1) is 4.79. The van der Waals surface area contributed by atoms with E-state index in [1.54, 1.807) is 0 Å². The summed E-state index contributed by atoms with van der Waals surface area (Å²) in [6, 6.07) is 0.378. The van der Waals surface area contributed by atoms with E-state index in [0.29, 0.717) is 6.04 Å². The molecule has 0 aromatic rings. The molecule has 0 unspecified atom stereocenters. The summed E-state index contributed by atoms with van der Waals surface area (Å²) >= 11 is 0. The summed E-state index contributed by atoms with van der Waals surface area (Å²) in [7, 11) is 0. The fraction of sp³-hybridized carbons (Fsp3) is 0.333. The SMILES string of the molecule is CC(C)N=CC1=C=CC=C1. The molecule has 0 N–H and O–H groups in total. The second-order valence-corrected chi connectivity index (χ2v) is 2.50. The topological polar surface area (TPSA) is 12.4 Å². The van der Waals surface area contributed by atoms with Crippen molar-refractivity contribution in [2.24, 2.45) is 4.99 Å². The van der Waals surface area contributed by atoms with E-state index in [0.717, 1.165) is 5.57 Å². The van der Waals surface area contributed by atoms with Gasteiger partial charge in [-0.3, -0.25) is 4.99 Å². The maximum absolute atomic E-state index is 4.21. The summed E-state index contributed by atoms with van der Waals surface area (Å²) in [6.07, 6.45) is 7.69.